The molecule has 14 heavy (non-hydrogen) atoms. The van der Waals surface area contributed by atoms with E-state index in [2.05, 4.69) is 11.9 Å². The van der Waals surface area contributed by atoms with Crippen molar-refractivity contribution in [1.29, 1.82) is 0 Å². The van der Waals surface area contributed by atoms with Crippen LogP contribution in [0.1, 0.15) is 53.9 Å². The molecule has 1 N–H and O–H groups in total. The number of hydrogen-bond acceptors (Lipinski definition) is 2. The fraction of sp³-hybridized carbons (Fsp3) is 0.909. The van der Waals surface area contributed by atoms with Crippen molar-refractivity contribution >= 4 is 5.71 Å². The molecule has 1 unspecified atom stereocenters. The van der Waals surface area contributed by atoms with Gasteiger partial charge in [-0.2, -0.15) is 0 Å². The van der Waals surface area contributed by atoms with Crippen LogP contribution in [0.3, 0.4) is 0 Å². The van der Waals surface area contributed by atoms with Gasteiger partial charge in [-0.05, 0) is 33.6 Å². The Balaban J connectivity index is 0. The van der Waals surface area contributed by atoms with Gasteiger partial charge in [-0.15, -0.1) is 0 Å². The molecule has 0 aliphatic carbocycles. The second-order valence-electron chi connectivity index (χ2n) is 3.94. The predicted molar refractivity (Wildman–Crippen MR) is 58.4 cm³/mol. The first-order chi connectivity index (χ1) is 5.96. The maximum Gasteiger partial charge on any atom is 0.102 e. The van der Waals surface area contributed by atoms with Crippen LogP contribution in [0.5, 0.6) is 0 Å². The first-order valence-electron chi connectivity index (χ1n) is 5.23. The van der Waals surface area contributed by atoms with Crippen LogP contribution in [-0.2, 0) is 0 Å². The Morgan fingerprint density at radius 1 is 1.36 bits per heavy atom. The standard InChI is InChI=1S/C11H23NO.Gd/c1-6-8-11(13,7-2)10(5)12-9(3)4;/h9,13H,6-8H2,1-5H3;. The van der Waals surface area contributed by atoms with E-state index in [1.165, 1.54) is 0 Å². The second kappa shape index (κ2) is 8.15. The third kappa shape index (κ3) is 5.74. The van der Waals surface area contributed by atoms with E-state index in [9.17, 15) is 5.11 Å². The van der Waals surface area contributed by atoms with Crippen LogP contribution in [0, 0.1) is 39.9 Å². The maximum absolute atomic E-state index is 10.2. The molecule has 0 saturated heterocycles. The van der Waals surface area contributed by atoms with Gasteiger partial charge in [0.2, 0.25) is 0 Å². The SMILES string of the molecule is CCCC(O)(CC)C(C)=NC(C)C.[Gd]. The van der Waals surface area contributed by atoms with E-state index in [4.69, 9.17) is 0 Å². The first-order valence-corrected chi connectivity index (χ1v) is 5.23. The van der Waals surface area contributed by atoms with E-state index in [-0.39, 0.29) is 46.0 Å². The molecule has 0 fully saturated rings. The zero-order valence-electron chi connectivity index (χ0n) is 9.95. The number of rotatable bonds is 5. The predicted octanol–water partition coefficient (Wildman–Crippen LogP) is 2.80. The third-order valence-electron chi connectivity index (χ3n) is 2.37. The van der Waals surface area contributed by atoms with Crippen molar-refractivity contribution in [3.63, 3.8) is 0 Å². The van der Waals surface area contributed by atoms with E-state index in [0.717, 1.165) is 25.0 Å². The summed E-state index contributed by atoms with van der Waals surface area (Å²) in [6, 6.07) is 0.273. The summed E-state index contributed by atoms with van der Waals surface area (Å²) in [5, 5.41) is 10.2. The minimum absolute atomic E-state index is 0. The van der Waals surface area contributed by atoms with Gasteiger partial charge in [0, 0.05) is 51.7 Å². The Labute approximate surface area is 120 Å². The van der Waals surface area contributed by atoms with Crippen molar-refractivity contribution in [2.45, 2.75) is 65.5 Å². The van der Waals surface area contributed by atoms with Gasteiger partial charge in [-0.3, -0.25) is 4.99 Å². The van der Waals surface area contributed by atoms with Crippen LogP contribution < -0.4 is 0 Å². The van der Waals surface area contributed by atoms with Crippen molar-refractivity contribution < 1.29 is 45.0 Å². The molecule has 3 heteroatoms. The smallest absolute Gasteiger partial charge is 0.102 e. The van der Waals surface area contributed by atoms with E-state index >= 15 is 0 Å². The topological polar surface area (TPSA) is 32.6 Å². The maximum atomic E-state index is 10.2. The number of aliphatic imine (C=N–C) groups is 1. The Bertz CT molecular complexity index is 180. The van der Waals surface area contributed by atoms with Crippen LogP contribution in [0.4, 0.5) is 0 Å². The van der Waals surface area contributed by atoms with Gasteiger partial charge >= 0.3 is 0 Å². The average Bonchev–Trinajstić information content (AvgIpc) is 2.03. The molecule has 0 aromatic carbocycles. The number of hydrogen-bond donors (Lipinski definition) is 1. The largest absolute Gasteiger partial charge is 0.384 e. The first kappa shape index (κ1) is 17.4. The summed E-state index contributed by atoms with van der Waals surface area (Å²) in [5.41, 5.74) is 0.214. The minimum Gasteiger partial charge on any atom is -0.384 e. The van der Waals surface area contributed by atoms with Gasteiger partial charge in [-0.25, -0.2) is 0 Å². The second-order valence-corrected chi connectivity index (χ2v) is 3.94. The van der Waals surface area contributed by atoms with E-state index in [1.807, 2.05) is 27.7 Å². The van der Waals surface area contributed by atoms with E-state index in [0.29, 0.717) is 0 Å². The van der Waals surface area contributed by atoms with Gasteiger partial charge in [0.1, 0.15) is 5.60 Å². The van der Waals surface area contributed by atoms with Crippen LogP contribution in [0.25, 0.3) is 0 Å². The molecular weight excluding hydrogens is 319 g/mol. The minimum atomic E-state index is -0.668. The third-order valence-corrected chi connectivity index (χ3v) is 2.37. The monoisotopic (exact) mass is 343 g/mol. The molecule has 0 radical (unpaired) electrons. The van der Waals surface area contributed by atoms with Crippen molar-refractivity contribution in [2.24, 2.45) is 4.99 Å². The molecule has 0 heterocycles. The van der Waals surface area contributed by atoms with E-state index in [1.54, 1.807) is 0 Å². The molecule has 1 atom stereocenters. The normalized spacial score (nSPS) is 16.4. The van der Waals surface area contributed by atoms with Gasteiger partial charge in [0.05, 0.1) is 0 Å². The van der Waals surface area contributed by atoms with Gasteiger partial charge in [-0.1, -0.05) is 20.3 Å². The molecule has 86 valence electrons. The molecule has 0 aliphatic heterocycles. The van der Waals surface area contributed by atoms with E-state index < -0.39 is 5.60 Å². The van der Waals surface area contributed by atoms with Crippen LogP contribution in [0.15, 0.2) is 4.99 Å². The number of nitrogens with zero attached hydrogens (tertiary/aromatic N) is 1. The zero-order valence-corrected chi connectivity index (χ0v) is 12.2. The molecule has 0 saturated carbocycles. The molecule has 0 amide bonds. The van der Waals surface area contributed by atoms with Crippen molar-refractivity contribution in [2.75, 3.05) is 0 Å². The molecule has 0 rings (SSSR count). The van der Waals surface area contributed by atoms with Gasteiger partial charge in [0.15, 0.2) is 0 Å². The average molecular weight is 343 g/mol. The van der Waals surface area contributed by atoms with Crippen molar-refractivity contribution in [1.82, 2.24) is 0 Å². The van der Waals surface area contributed by atoms with Crippen LogP contribution >= 0.6 is 0 Å². The Morgan fingerprint density at radius 2 is 1.86 bits per heavy atom. The molecular formula is C11H23GdNO. The van der Waals surface area contributed by atoms with Crippen LogP contribution in [-0.4, -0.2) is 22.5 Å². The Hall–Kier alpha value is 0.955. The summed E-state index contributed by atoms with van der Waals surface area (Å²) < 4.78 is 0. The Kier molecular flexibility index (Phi) is 10.1. The summed E-state index contributed by atoms with van der Waals surface area (Å²) in [7, 11) is 0. The quantitative estimate of drug-likeness (QED) is 0.766. The summed E-state index contributed by atoms with van der Waals surface area (Å²) in [4.78, 5) is 4.41. The molecule has 0 aliphatic rings. The fourth-order valence-electron chi connectivity index (χ4n) is 1.53. The molecule has 0 aromatic heterocycles. The summed E-state index contributed by atoms with van der Waals surface area (Å²) in [6.45, 7) is 10.1. The van der Waals surface area contributed by atoms with Crippen molar-refractivity contribution in [3.05, 3.63) is 0 Å². The molecule has 0 bridgehead atoms. The fourth-order valence-corrected chi connectivity index (χ4v) is 1.53. The van der Waals surface area contributed by atoms with Gasteiger partial charge in [0.25, 0.3) is 0 Å². The summed E-state index contributed by atoms with van der Waals surface area (Å²) >= 11 is 0. The Morgan fingerprint density at radius 3 is 2.14 bits per heavy atom. The van der Waals surface area contributed by atoms with Crippen LogP contribution in [0.2, 0.25) is 0 Å². The van der Waals surface area contributed by atoms with Gasteiger partial charge < -0.3 is 5.11 Å². The summed E-state index contributed by atoms with van der Waals surface area (Å²) in [6.07, 6.45) is 2.56. The zero-order chi connectivity index (χ0) is 10.5. The number of aliphatic hydroxyl groups is 1. The molecule has 0 spiro atoms. The summed E-state index contributed by atoms with van der Waals surface area (Å²) in [5.74, 6) is 0. The molecule has 2 nitrogen and oxygen atoms in total. The van der Waals surface area contributed by atoms with Crippen molar-refractivity contribution in [3.8, 4) is 0 Å². The molecule has 0 aromatic rings.